The molecular formula is C21H28N4O3. The highest BCUT2D eigenvalue weighted by atomic mass is 16.7. The maximum atomic E-state index is 13.0. The first-order valence-electron chi connectivity index (χ1n) is 10.2. The third-order valence-corrected chi connectivity index (χ3v) is 5.43. The Morgan fingerprint density at radius 1 is 1.21 bits per heavy atom. The van der Waals surface area contributed by atoms with Gasteiger partial charge >= 0.3 is 6.03 Å². The molecule has 0 radical (unpaired) electrons. The fraction of sp³-hybridized carbons (Fsp3) is 0.524. The zero-order valence-corrected chi connectivity index (χ0v) is 16.2. The maximum absolute atomic E-state index is 13.0. The smallest absolute Gasteiger partial charge is 0.317 e. The van der Waals surface area contributed by atoms with Crippen LogP contribution in [0, 0.1) is 0 Å². The van der Waals surface area contributed by atoms with Crippen molar-refractivity contribution >= 4 is 6.03 Å². The van der Waals surface area contributed by atoms with Gasteiger partial charge in [0.25, 0.3) is 0 Å². The molecule has 0 saturated heterocycles. The summed E-state index contributed by atoms with van der Waals surface area (Å²) >= 11 is 0. The molecule has 7 nitrogen and oxygen atoms in total. The normalized spacial score (nSPS) is 16.1. The molecule has 4 rings (SSSR count). The van der Waals surface area contributed by atoms with Gasteiger partial charge in [0, 0.05) is 38.1 Å². The van der Waals surface area contributed by atoms with Gasteiger partial charge in [-0.15, -0.1) is 0 Å². The van der Waals surface area contributed by atoms with E-state index in [0.717, 1.165) is 42.9 Å². The number of nitrogens with one attached hydrogen (secondary N) is 1. The van der Waals surface area contributed by atoms with E-state index in [9.17, 15) is 4.79 Å². The number of imidazole rings is 1. The van der Waals surface area contributed by atoms with Gasteiger partial charge in [-0.2, -0.15) is 0 Å². The largest absolute Gasteiger partial charge is 0.454 e. The molecule has 7 heteroatoms. The molecule has 0 spiro atoms. The van der Waals surface area contributed by atoms with Gasteiger partial charge in [-0.05, 0) is 37.0 Å². The minimum atomic E-state index is 0.0233. The number of carbonyl (C=O) groups excluding carboxylic acids is 1. The Kier molecular flexibility index (Phi) is 5.99. The Morgan fingerprint density at radius 3 is 2.89 bits per heavy atom. The molecule has 1 aromatic carbocycles. The molecule has 1 aliphatic carbocycles. The number of hydrogen-bond acceptors (Lipinski definition) is 4. The second-order valence-electron chi connectivity index (χ2n) is 7.55. The fourth-order valence-corrected chi connectivity index (χ4v) is 3.89. The molecule has 2 heterocycles. The molecule has 1 saturated carbocycles. The number of aromatic nitrogens is 2. The number of nitrogens with zero attached hydrogens (tertiary/aromatic N) is 3. The van der Waals surface area contributed by atoms with Gasteiger partial charge in [0.05, 0.1) is 6.33 Å². The van der Waals surface area contributed by atoms with Gasteiger partial charge < -0.3 is 24.3 Å². The second-order valence-corrected chi connectivity index (χ2v) is 7.55. The van der Waals surface area contributed by atoms with E-state index in [2.05, 4.69) is 10.3 Å². The average Bonchev–Trinajstić information content (AvgIpc) is 3.39. The van der Waals surface area contributed by atoms with E-state index in [4.69, 9.17) is 9.47 Å². The van der Waals surface area contributed by atoms with Gasteiger partial charge in [-0.25, -0.2) is 9.78 Å². The number of amides is 2. The minimum Gasteiger partial charge on any atom is -0.454 e. The molecule has 1 N–H and O–H groups in total. The topological polar surface area (TPSA) is 68.6 Å². The fourth-order valence-electron chi connectivity index (χ4n) is 3.89. The Labute approximate surface area is 165 Å². The Bertz CT molecular complexity index is 772. The van der Waals surface area contributed by atoms with Crippen LogP contribution >= 0.6 is 0 Å². The average molecular weight is 384 g/mol. The van der Waals surface area contributed by atoms with E-state index in [1.54, 1.807) is 6.20 Å². The van der Waals surface area contributed by atoms with Crippen molar-refractivity contribution in [3.8, 4) is 11.5 Å². The van der Waals surface area contributed by atoms with E-state index >= 15 is 0 Å². The van der Waals surface area contributed by atoms with E-state index in [-0.39, 0.29) is 12.8 Å². The summed E-state index contributed by atoms with van der Waals surface area (Å²) in [5, 5.41) is 3.25. The lowest BCUT2D eigenvalue weighted by Crippen LogP contribution is -2.45. The van der Waals surface area contributed by atoms with Crippen LogP contribution in [0.25, 0.3) is 0 Å². The number of rotatable bonds is 7. The standard InChI is InChI=1S/C21H28N4O3/c26-21(23-18-5-2-1-3-6-18)25(11-4-10-24-12-9-22-15-24)14-17-7-8-19-20(13-17)28-16-27-19/h7-9,12-13,15,18H,1-6,10-11,14,16H2,(H,23,26). The summed E-state index contributed by atoms with van der Waals surface area (Å²) < 4.78 is 12.9. The highest BCUT2D eigenvalue weighted by Gasteiger charge is 2.21. The maximum Gasteiger partial charge on any atom is 0.317 e. The number of fused-ring (bicyclic) bond motifs is 1. The van der Waals surface area contributed by atoms with Crippen LogP contribution in [0.3, 0.4) is 0 Å². The van der Waals surface area contributed by atoms with E-state index in [1.165, 1.54) is 19.3 Å². The van der Waals surface area contributed by atoms with Gasteiger partial charge in [0.1, 0.15) is 0 Å². The second kappa shape index (κ2) is 8.99. The van der Waals surface area contributed by atoms with Crippen molar-refractivity contribution in [1.82, 2.24) is 19.8 Å². The summed E-state index contributed by atoms with van der Waals surface area (Å²) in [7, 11) is 0. The minimum absolute atomic E-state index is 0.0233. The van der Waals surface area contributed by atoms with Crippen LogP contribution in [0.1, 0.15) is 44.1 Å². The summed E-state index contributed by atoms with van der Waals surface area (Å²) in [4.78, 5) is 19.0. The van der Waals surface area contributed by atoms with Gasteiger partial charge in [-0.3, -0.25) is 0 Å². The van der Waals surface area contributed by atoms with E-state index in [0.29, 0.717) is 19.1 Å². The zero-order chi connectivity index (χ0) is 19.2. The molecule has 1 aliphatic heterocycles. The lowest BCUT2D eigenvalue weighted by molar-refractivity contribution is 0.173. The molecule has 1 aromatic heterocycles. The Hall–Kier alpha value is -2.70. The van der Waals surface area contributed by atoms with Crippen molar-refractivity contribution < 1.29 is 14.3 Å². The highest BCUT2D eigenvalue weighted by Crippen LogP contribution is 2.32. The first-order chi connectivity index (χ1) is 13.8. The van der Waals surface area contributed by atoms with Crippen LogP contribution in [0.4, 0.5) is 4.79 Å². The molecule has 28 heavy (non-hydrogen) atoms. The van der Waals surface area contributed by atoms with Crippen molar-refractivity contribution in [3.63, 3.8) is 0 Å². The Balaban J connectivity index is 1.39. The third-order valence-electron chi connectivity index (χ3n) is 5.43. The number of ether oxygens (including phenoxy) is 2. The monoisotopic (exact) mass is 384 g/mol. The van der Waals surface area contributed by atoms with Crippen LogP contribution in [-0.4, -0.2) is 39.9 Å². The SMILES string of the molecule is O=C(NC1CCCCC1)N(CCCn1ccnc1)Cc1ccc2c(c1)OCO2. The van der Waals surface area contributed by atoms with Gasteiger partial charge in [-0.1, -0.05) is 25.3 Å². The lowest BCUT2D eigenvalue weighted by atomic mass is 9.96. The number of benzene rings is 1. The van der Waals surface area contributed by atoms with Crippen molar-refractivity contribution in [1.29, 1.82) is 0 Å². The first-order valence-corrected chi connectivity index (χ1v) is 10.2. The van der Waals surface area contributed by atoms with Crippen molar-refractivity contribution in [2.45, 2.75) is 57.7 Å². The molecule has 2 amide bonds. The summed E-state index contributed by atoms with van der Waals surface area (Å²) in [6.45, 7) is 2.34. The first kappa shape index (κ1) is 18.7. The van der Waals surface area contributed by atoms with E-state index in [1.807, 2.05) is 40.2 Å². The highest BCUT2D eigenvalue weighted by molar-refractivity contribution is 5.74. The number of urea groups is 1. The third kappa shape index (κ3) is 4.77. The van der Waals surface area contributed by atoms with Crippen molar-refractivity contribution in [2.75, 3.05) is 13.3 Å². The van der Waals surface area contributed by atoms with Crippen LogP contribution in [0.5, 0.6) is 11.5 Å². The summed E-state index contributed by atoms with van der Waals surface area (Å²) in [5.74, 6) is 1.52. The van der Waals surface area contributed by atoms with Crippen LogP contribution < -0.4 is 14.8 Å². The molecule has 0 atom stereocenters. The Morgan fingerprint density at radius 2 is 2.07 bits per heavy atom. The molecule has 2 aliphatic rings. The molecule has 150 valence electrons. The molecule has 1 fully saturated rings. The van der Waals surface area contributed by atoms with Crippen LogP contribution in [0.15, 0.2) is 36.9 Å². The van der Waals surface area contributed by atoms with Crippen LogP contribution in [0.2, 0.25) is 0 Å². The quantitative estimate of drug-likeness (QED) is 0.793. The van der Waals surface area contributed by atoms with Crippen molar-refractivity contribution in [2.24, 2.45) is 0 Å². The number of aryl methyl sites for hydroxylation is 1. The molecule has 0 bridgehead atoms. The van der Waals surface area contributed by atoms with E-state index < -0.39 is 0 Å². The van der Waals surface area contributed by atoms with Gasteiger partial charge in [0.2, 0.25) is 6.79 Å². The summed E-state index contributed by atoms with van der Waals surface area (Å²) in [6.07, 6.45) is 12.3. The van der Waals surface area contributed by atoms with Crippen molar-refractivity contribution in [3.05, 3.63) is 42.5 Å². The van der Waals surface area contributed by atoms with Crippen LogP contribution in [-0.2, 0) is 13.1 Å². The lowest BCUT2D eigenvalue weighted by Gasteiger charge is -2.28. The summed E-state index contributed by atoms with van der Waals surface area (Å²) in [5.41, 5.74) is 1.05. The predicted molar refractivity (Wildman–Crippen MR) is 105 cm³/mol. The predicted octanol–water partition coefficient (Wildman–Crippen LogP) is 3.55. The molecule has 2 aromatic rings. The van der Waals surface area contributed by atoms with Gasteiger partial charge in [0.15, 0.2) is 11.5 Å². The summed E-state index contributed by atoms with van der Waals surface area (Å²) in [6, 6.07) is 6.22. The number of hydrogen-bond donors (Lipinski definition) is 1. The number of carbonyl (C=O) groups is 1. The molecular weight excluding hydrogens is 356 g/mol. The zero-order valence-electron chi connectivity index (χ0n) is 16.2. The molecule has 0 unspecified atom stereocenters.